The summed E-state index contributed by atoms with van der Waals surface area (Å²) in [5.74, 6) is -0.00155. The minimum absolute atomic E-state index is 0.0310. The Labute approximate surface area is 172 Å². The Morgan fingerprint density at radius 3 is 2.45 bits per heavy atom. The molecule has 1 N–H and O–H groups in total. The fourth-order valence-corrected chi connectivity index (χ4v) is 3.58. The van der Waals surface area contributed by atoms with Gasteiger partial charge in [-0.25, -0.2) is 0 Å². The quantitative estimate of drug-likeness (QED) is 0.589. The van der Waals surface area contributed by atoms with Crippen LogP contribution in [0.25, 0.3) is 5.69 Å². The van der Waals surface area contributed by atoms with Gasteiger partial charge in [0, 0.05) is 37.2 Å². The summed E-state index contributed by atoms with van der Waals surface area (Å²) in [4.78, 5) is 37.1. The molecule has 3 rings (SSSR count). The number of nitro benzene ring substituents is 1. The van der Waals surface area contributed by atoms with E-state index in [1.54, 1.807) is 0 Å². The Kier molecular flexibility index (Phi) is 6.17. The van der Waals surface area contributed by atoms with Gasteiger partial charge < -0.3 is 10.2 Å². The number of nitro groups is 1. The zero-order chi connectivity index (χ0) is 21.1. The molecule has 0 saturated carbocycles. The fraction of sp³-hybridized carbons (Fsp3) is 0.421. The van der Waals surface area contributed by atoms with Crippen LogP contribution < -0.4 is 15.8 Å². The number of amides is 1. The van der Waals surface area contributed by atoms with E-state index in [-0.39, 0.29) is 28.6 Å². The van der Waals surface area contributed by atoms with E-state index in [0.717, 1.165) is 4.68 Å². The molecule has 1 aromatic heterocycles. The molecule has 1 fully saturated rings. The SMILES string of the molecule is CC(C)NC(=O)C1CCN(c2cnn(-c3ccc([N+](=O)[O-])cc3)c(=O)c2Cl)CC1. The standard InChI is InChI=1S/C19H22ClN5O4/c1-12(2)22-18(26)13-7-9-23(10-8-13)16-11-21-24(19(27)17(16)20)14-3-5-15(6-4-14)25(28)29/h3-6,11-13H,7-10H2,1-2H3,(H,22,26). The van der Waals surface area contributed by atoms with Gasteiger partial charge in [0.15, 0.2) is 0 Å². The highest BCUT2D eigenvalue weighted by Crippen LogP contribution is 2.27. The van der Waals surface area contributed by atoms with E-state index in [4.69, 9.17) is 11.6 Å². The number of carbonyl (C=O) groups excluding carboxylic acids is 1. The average Bonchev–Trinajstić information content (AvgIpc) is 2.70. The van der Waals surface area contributed by atoms with Gasteiger partial charge in [-0.2, -0.15) is 9.78 Å². The Balaban J connectivity index is 1.76. The van der Waals surface area contributed by atoms with Gasteiger partial charge in [-0.05, 0) is 38.8 Å². The number of non-ortho nitro benzene ring substituents is 1. The van der Waals surface area contributed by atoms with Crippen LogP contribution in [-0.2, 0) is 4.79 Å². The Hall–Kier alpha value is -2.94. The Morgan fingerprint density at radius 2 is 1.90 bits per heavy atom. The van der Waals surface area contributed by atoms with Crippen molar-refractivity contribution in [2.45, 2.75) is 32.7 Å². The second kappa shape index (κ2) is 8.60. The van der Waals surface area contributed by atoms with E-state index in [9.17, 15) is 19.7 Å². The summed E-state index contributed by atoms with van der Waals surface area (Å²) >= 11 is 6.33. The zero-order valence-electron chi connectivity index (χ0n) is 16.2. The maximum absolute atomic E-state index is 12.7. The third-order valence-corrected chi connectivity index (χ3v) is 5.20. The van der Waals surface area contributed by atoms with Crippen molar-refractivity contribution >= 4 is 28.9 Å². The number of nitrogens with zero attached hydrogens (tertiary/aromatic N) is 4. The molecule has 1 amide bonds. The average molecular weight is 420 g/mol. The van der Waals surface area contributed by atoms with E-state index in [1.807, 2.05) is 18.7 Å². The van der Waals surface area contributed by atoms with Crippen LogP contribution in [0.5, 0.6) is 0 Å². The van der Waals surface area contributed by atoms with Crippen LogP contribution in [0.1, 0.15) is 26.7 Å². The number of aromatic nitrogens is 2. The third-order valence-electron chi connectivity index (χ3n) is 4.84. The number of benzene rings is 1. The molecular formula is C19H22ClN5O4. The van der Waals surface area contributed by atoms with Crippen molar-refractivity contribution < 1.29 is 9.72 Å². The van der Waals surface area contributed by atoms with Crippen molar-refractivity contribution in [1.29, 1.82) is 0 Å². The molecule has 0 unspecified atom stereocenters. The first kappa shape index (κ1) is 20.8. The first-order chi connectivity index (χ1) is 13.8. The van der Waals surface area contributed by atoms with Crippen molar-refractivity contribution in [2.75, 3.05) is 18.0 Å². The third kappa shape index (κ3) is 4.56. The number of piperidine rings is 1. The highest BCUT2D eigenvalue weighted by Gasteiger charge is 2.27. The molecule has 1 saturated heterocycles. The summed E-state index contributed by atoms with van der Waals surface area (Å²) < 4.78 is 1.11. The largest absolute Gasteiger partial charge is 0.369 e. The predicted octanol–water partition coefficient (Wildman–Crippen LogP) is 2.54. The smallest absolute Gasteiger partial charge is 0.292 e. The second-order valence-corrected chi connectivity index (χ2v) is 7.64. The lowest BCUT2D eigenvalue weighted by molar-refractivity contribution is -0.384. The van der Waals surface area contributed by atoms with Gasteiger partial charge in [0.1, 0.15) is 5.02 Å². The van der Waals surface area contributed by atoms with Crippen molar-refractivity contribution in [2.24, 2.45) is 5.92 Å². The summed E-state index contributed by atoms with van der Waals surface area (Å²) in [6.45, 7) is 5.05. The minimum atomic E-state index is -0.513. The van der Waals surface area contributed by atoms with E-state index < -0.39 is 10.5 Å². The minimum Gasteiger partial charge on any atom is -0.369 e. The number of anilines is 1. The van der Waals surface area contributed by atoms with Gasteiger partial charge in [-0.1, -0.05) is 11.6 Å². The van der Waals surface area contributed by atoms with Gasteiger partial charge in [0.25, 0.3) is 11.2 Å². The molecule has 1 aromatic carbocycles. The molecule has 0 bridgehead atoms. The molecule has 0 atom stereocenters. The van der Waals surface area contributed by atoms with E-state index in [0.29, 0.717) is 37.3 Å². The molecule has 0 radical (unpaired) electrons. The number of halogens is 1. The number of rotatable bonds is 5. The van der Waals surface area contributed by atoms with Crippen LogP contribution >= 0.6 is 11.6 Å². The van der Waals surface area contributed by atoms with Crippen LogP contribution in [0.3, 0.4) is 0 Å². The molecule has 154 valence electrons. The summed E-state index contributed by atoms with van der Waals surface area (Å²) in [5.41, 5.74) is 0.335. The maximum Gasteiger partial charge on any atom is 0.292 e. The highest BCUT2D eigenvalue weighted by atomic mass is 35.5. The molecule has 2 heterocycles. The molecule has 29 heavy (non-hydrogen) atoms. The summed E-state index contributed by atoms with van der Waals surface area (Å²) in [6.07, 6.45) is 2.85. The van der Waals surface area contributed by atoms with Crippen LogP contribution in [0.4, 0.5) is 11.4 Å². The molecule has 10 heteroatoms. The van der Waals surface area contributed by atoms with E-state index in [2.05, 4.69) is 10.4 Å². The van der Waals surface area contributed by atoms with Crippen LogP contribution in [0, 0.1) is 16.0 Å². The Morgan fingerprint density at radius 1 is 1.28 bits per heavy atom. The van der Waals surface area contributed by atoms with Gasteiger partial charge in [0.05, 0.1) is 22.5 Å². The van der Waals surface area contributed by atoms with Crippen LogP contribution in [0.2, 0.25) is 5.02 Å². The summed E-state index contributed by atoms with van der Waals surface area (Å²) in [6, 6.07) is 5.60. The topological polar surface area (TPSA) is 110 Å². The lowest BCUT2D eigenvalue weighted by Gasteiger charge is -2.33. The van der Waals surface area contributed by atoms with Crippen molar-refractivity contribution in [3.63, 3.8) is 0 Å². The van der Waals surface area contributed by atoms with Crippen LogP contribution in [0.15, 0.2) is 35.3 Å². The zero-order valence-corrected chi connectivity index (χ0v) is 16.9. The molecule has 1 aliphatic heterocycles. The van der Waals surface area contributed by atoms with Crippen LogP contribution in [-0.4, -0.2) is 39.7 Å². The van der Waals surface area contributed by atoms with E-state index in [1.165, 1.54) is 30.5 Å². The van der Waals surface area contributed by atoms with Crippen molar-refractivity contribution in [3.8, 4) is 5.69 Å². The molecule has 1 aliphatic rings. The number of hydrogen-bond acceptors (Lipinski definition) is 6. The van der Waals surface area contributed by atoms with Crippen molar-refractivity contribution in [3.05, 3.63) is 56.0 Å². The monoisotopic (exact) mass is 419 g/mol. The first-order valence-corrected chi connectivity index (χ1v) is 9.73. The molecule has 2 aromatic rings. The number of nitrogens with one attached hydrogen (secondary N) is 1. The normalized spacial score (nSPS) is 14.8. The van der Waals surface area contributed by atoms with Crippen molar-refractivity contribution in [1.82, 2.24) is 15.1 Å². The summed E-state index contributed by atoms with van der Waals surface area (Å²) in [5, 5.41) is 17.9. The molecular weight excluding hydrogens is 398 g/mol. The second-order valence-electron chi connectivity index (χ2n) is 7.26. The predicted molar refractivity (Wildman–Crippen MR) is 110 cm³/mol. The van der Waals surface area contributed by atoms with Gasteiger partial charge >= 0.3 is 0 Å². The maximum atomic E-state index is 12.7. The molecule has 9 nitrogen and oxygen atoms in total. The number of hydrogen-bond donors (Lipinski definition) is 1. The molecule has 0 aliphatic carbocycles. The van der Waals surface area contributed by atoms with Gasteiger partial charge in [-0.3, -0.25) is 19.7 Å². The first-order valence-electron chi connectivity index (χ1n) is 9.36. The molecule has 0 spiro atoms. The lowest BCUT2D eigenvalue weighted by Crippen LogP contribution is -2.43. The lowest BCUT2D eigenvalue weighted by atomic mass is 9.95. The summed E-state index contributed by atoms with van der Waals surface area (Å²) in [7, 11) is 0. The number of carbonyl (C=O) groups is 1. The highest BCUT2D eigenvalue weighted by molar-refractivity contribution is 6.33. The van der Waals surface area contributed by atoms with Gasteiger partial charge in [-0.15, -0.1) is 0 Å². The van der Waals surface area contributed by atoms with E-state index >= 15 is 0 Å². The fourth-order valence-electron chi connectivity index (χ4n) is 3.33. The van der Waals surface area contributed by atoms with Gasteiger partial charge in [0.2, 0.25) is 5.91 Å². The Bertz CT molecular complexity index is 966.